The van der Waals surface area contributed by atoms with E-state index in [1.807, 2.05) is 39.1 Å². The Morgan fingerprint density at radius 2 is 1.88 bits per heavy atom. The molecule has 0 spiro atoms. The number of rotatable bonds is 9. The van der Waals surface area contributed by atoms with Crippen LogP contribution in [-0.2, 0) is 4.79 Å². The first-order chi connectivity index (χ1) is 12.1. The maximum Gasteiger partial charge on any atom is 0.234 e. The molecule has 0 saturated carbocycles. The van der Waals surface area contributed by atoms with Gasteiger partial charge in [0, 0.05) is 0 Å². The summed E-state index contributed by atoms with van der Waals surface area (Å²) in [5.41, 5.74) is 2.26. The Kier molecular flexibility index (Phi) is 8.22. The highest BCUT2D eigenvalue weighted by atomic mass is 16.5. The predicted octanol–water partition coefficient (Wildman–Crippen LogP) is 2.12. The first-order valence-corrected chi connectivity index (χ1v) is 9.43. The van der Waals surface area contributed by atoms with Gasteiger partial charge in [-0.05, 0) is 76.8 Å². The van der Waals surface area contributed by atoms with Crippen LogP contribution < -0.4 is 15.4 Å². The minimum atomic E-state index is 0.0961. The van der Waals surface area contributed by atoms with E-state index in [9.17, 15) is 4.79 Å². The summed E-state index contributed by atoms with van der Waals surface area (Å²) in [6.07, 6.45) is 3.64. The number of hydrogen-bond acceptors (Lipinski definition) is 4. The highest BCUT2D eigenvalue weighted by Crippen LogP contribution is 2.22. The van der Waals surface area contributed by atoms with Crippen molar-refractivity contribution in [3.63, 3.8) is 0 Å². The van der Waals surface area contributed by atoms with Gasteiger partial charge in [-0.3, -0.25) is 9.69 Å². The average molecular weight is 348 g/mol. The van der Waals surface area contributed by atoms with Gasteiger partial charge in [0.05, 0.1) is 13.1 Å². The fourth-order valence-corrected chi connectivity index (χ4v) is 3.41. The normalized spacial score (nSPS) is 16.0. The molecule has 1 fully saturated rings. The molecule has 2 rings (SSSR count). The lowest BCUT2D eigenvalue weighted by atomic mass is 9.93. The van der Waals surface area contributed by atoms with E-state index in [2.05, 4.69) is 15.5 Å². The van der Waals surface area contributed by atoms with E-state index in [4.69, 9.17) is 4.74 Å². The van der Waals surface area contributed by atoms with Crippen molar-refractivity contribution in [2.24, 2.45) is 5.92 Å². The SMILES string of the molecule is CNCCC1CCN(CC(=O)NCCOc2c(C)cccc2C)CC1. The molecule has 25 heavy (non-hydrogen) atoms. The summed E-state index contributed by atoms with van der Waals surface area (Å²) in [7, 11) is 2.00. The quantitative estimate of drug-likeness (QED) is 0.672. The lowest BCUT2D eigenvalue weighted by molar-refractivity contribution is -0.122. The molecule has 1 heterocycles. The lowest BCUT2D eigenvalue weighted by Gasteiger charge is -2.31. The molecule has 5 nitrogen and oxygen atoms in total. The van der Waals surface area contributed by atoms with E-state index >= 15 is 0 Å². The zero-order valence-corrected chi connectivity index (χ0v) is 15.9. The van der Waals surface area contributed by atoms with E-state index in [1.165, 1.54) is 19.3 Å². The number of amides is 1. The van der Waals surface area contributed by atoms with E-state index in [0.717, 1.165) is 42.4 Å². The van der Waals surface area contributed by atoms with Crippen molar-refractivity contribution in [2.75, 3.05) is 46.4 Å². The Labute approximate surface area is 152 Å². The number of aryl methyl sites for hydroxylation is 2. The molecular weight excluding hydrogens is 314 g/mol. The van der Waals surface area contributed by atoms with E-state index in [0.29, 0.717) is 19.7 Å². The van der Waals surface area contributed by atoms with Gasteiger partial charge in [0.25, 0.3) is 0 Å². The van der Waals surface area contributed by atoms with Crippen molar-refractivity contribution in [1.82, 2.24) is 15.5 Å². The number of benzene rings is 1. The highest BCUT2D eigenvalue weighted by Gasteiger charge is 2.20. The molecular formula is C20H33N3O2. The smallest absolute Gasteiger partial charge is 0.234 e. The van der Waals surface area contributed by atoms with Crippen LogP contribution in [0.3, 0.4) is 0 Å². The van der Waals surface area contributed by atoms with Crippen LogP contribution in [0.15, 0.2) is 18.2 Å². The molecule has 2 N–H and O–H groups in total. The first kappa shape index (κ1) is 19.7. The van der Waals surface area contributed by atoms with Crippen molar-refractivity contribution in [2.45, 2.75) is 33.1 Å². The number of piperidine rings is 1. The third-order valence-electron chi connectivity index (χ3n) is 4.96. The summed E-state index contributed by atoms with van der Waals surface area (Å²) < 4.78 is 5.83. The molecule has 1 aliphatic heterocycles. The summed E-state index contributed by atoms with van der Waals surface area (Å²) in [6.45, 7) is 8.78. The van der Waals surface area contributed by atoms with Gasteiger partial charge in [-0.15, -0.1) is 0 Å². The standard InChI is InChI=1S/C20H33N3O2/c1-16-5-4-6-17(2)20(16)25-14-11-22-19(24)15-23-12-8-18(9-13-23)7-10-21-3/h4-6,18,21H,7-15H2,1-3H3,(H,22,24). The second-order valence-corrected chi connectivity index (χ2v) is 7.03. The van der Waals surface area contributed by atoms with Crippen LogP contribution >= 0.6 is 0 Å². The van der Waals surface area contributed by atoms with Gasteiger partial charge in [-0.1, -0.05) is 18.2 Å². The lowest BCUT2D eigenvalue weighted by Crippen LogP contribution is -2.42. The number of carbonyl (C=O) groups excluding carboxylic acids is 1. The van der Waals surface area contributed by atoms with Crippen LogP contribution in [0.2, 0.25) is 0 Å². The molecule has 140 valence electrons. The molecule has 1 saturated heterocycles. The van der Waals surface area contributed by atoms with Gasteiger partial charge < -0.3 is 15.4 Å². The molecule has 0 unspecified atom stereocenters. The van der Waals surface area contributed by atoms with Gasteiger partial charge in [0.2, 0.25) is 5.91 Å². The Hall–Kier alpha value is -1.59. The Morgan fingerprint density at radius 1 is 1.20 bits per heavy atom. The first-order valence-electron chi connectivity index (χ1n) is 9.43. The Balaban J connectivity index is 1.60. The predicted molar refractivity (Wildman–Crippen MR) is 102 cm³/mol. The van der Waals surface area contributed by atoms with Crippen molar-refractivity contribution >= 4 is 5.91 Å². The van der Waals surface area contributed by atoms with Gasteiger partial charge in [-0.25, -0.2) is 0 Å². The molecule has 5 heteroatoms. The molecule has 1 aliphatic rings. The second-order valence-electron chi connectivity index (χ2n) is 7.03. The van der Waals surface area contributed by atoms with Crippen LogP contribution in [0.4, 0.5) is 0 Å². The summed E-state index contributed by atoms with van der Waals surface area (Å²) in [4.78, 5) is 14.4. The number of para-hydroxylation sites is 1. The molecule has 1 aromatic rings. The van der Waals surface area contributed by atoms with Crippen LogP contribution in [0.5, 0.6) is 5.75 Å². The molecule has 0 radical (unpaired) electrons. The number of nitrogens with zero attached hydrogens (tertiary/aromatic N) is 1. The summed E-state index contributed by atoms with van der Waals surface area (Å²) >= 11 is 0. The third-order valence-corrected chi connectivity index (χ3v) is 4.96. The monoisotopic (exact) mass is 347 g/mol. The van der Waals surface area contributed by atoms with Gasteiger partial charge in [-0.2, -0.15) is 0 Å². The van der Waals surface area contributed by atoms with E-state index in [-0.39, 0.29) is 5.91 Å². The van der Waals surface area contributed by atoms with Crippen LogP contribution in [0, 0.1) is 19.8 Å². The van der Waals surface area contributed by atoms with Crippen molar-refractivity contribution in [3.05, 3.63) is 29.3 Å². The van der Waals surface area contributed by atoms with Crippen LogP contribution in [-0.4, -0.2) is 57.2 Å². The topological polar surface area (TPSA) is 53.6 Å². The molecule has 0 aliphatic carbocycles. The molecule has 0 bridgehead atoms. The van der Waals surface area contributed by atoms with Crippen molar-refractivity contribution in [1.29, 1.82) is 0 Å². The van der Waals surface area contributed by atoms with Gasteiger partial charge in [0.1, 0.15) is 12.4 Å². The summed E-state index contributed by atoms with van der Waals surface area (Å²) in [5, 5.41) is 6.19. The summed E-state index contributed by atoms with van der Waals surface area (Å²) in [6, 6.07) is 6.11. The number of nitrogens with one attached hydrogen (secondary N) is 2. The minimum Gasteiger partial charge on any atom is -0.491 e. The highest BCUT2D eigenvalue weighted by molar-refractivity contribution is 5.78. The number of hydrogen-bond donors (Lipinski definition) is 2. The third kappa shape index (κ3) is 6.67. The number of ether oxygens (including phenoxy) is 1. The number of carbonyl (C=O) groups is 1. The van der Waals surface area contributed by atoms with E-state index in [1.54, 1.807) is 0 Å². The average Bonchev–Trinajstić information content (AvgIpc) is 2.60. The maximum atomic E-state index is 12.1. The Bertz CT molecular complexity index is 519. The van der Waals surface area contributed by atoms with Crippen molar-refractivity contribution in [3.8, 4) is 5.75 Å². The van der Waals surface area contributed by atoms with Gasteiger partial charge >= 0.3 is 0 Å². The largest absolute Gasteiger partial charge is 0.491 e. The minimum absolute atomic E-state index is 0.0961. The molecule has 0 atom stereocenters. The molecule has 0 aromatic heterocycles. The van der Waals surface area contributed by atoms with Crippen LogP contribution in [0.25, 0.3) is 0 Å². The second kappa shape index (κ2) is 10.4. The summed E-state index contributed by atoms with van der Waals surface area (Å²) in [5.74, 6) is 1.83. The number of likely N-dealkylation sites (tertiary alicyclic amines) is 1. The van der Waals surface area contributed by atoms with Crippen LogP contribution in [0.1, 0.15) is 30.4 Å². The Morgan fingerprint density at radius 3 is 2.52 bits per heavy atom. The van der Waals surface area contributed by atoms with Crippen molar-refractivity contribution < 1.29 is 9.53 Å². The van der Waals surface area contributed by atoms with Gasteiger partial charge in [0.15, 0.2) is 0 Å². The maximum absolute atomic E-state index is 12.1. The fourth-order valence-electron chi connectivity index (χ4n) is 3.41. The molecule has 1 aromatic carbocycles. The zero-order chi connectivity index (χ0) is 18.1. The molecule has 1 amide bonds. The van der Waals surface area contributed by atoms with E-state index < -0.39 is 0 Å². The fraction of sp³-hybridized carbons (Fsp3) is 0.650. The zero-order valence-electron chi connectivity index (χ0n) is 15.9.